The minimum Gasteiger partial charge on any atom is -0.428 e. The monoisotopic (exact) mass is 276 g/mol. The van der Waals surface area contributed by atoms with Gasteiger partial charge < -0.3 is 9.47 Å². The van der Waals surface area contributed by atoms with E-state index in [2.05, 4.69) is 4.74 Å². The van der Waals surface area contributed by atoms with Gasteiger partial charge in [0.05, 0.1) is 0 Å². The molecular weight excluding hydrogens is 261 g/mol. The standard InChI is InChI=1S/C13H15F3O3/c1-4-5-13(2,3)19-12(17)18-11-9(15)6-8(14)7-10(11)16/h6-7H,4-5H2,1-3H3. The third kappa shape index (κ3) is 4.46. The van der Waals surface area contributed by atoms with Crippen molar-refractivity contribution in [2.75, 3.05) is 0 Å². The molecule has 0 aromatic heterocycles. The molecule has 0 fully saturated rings. The first-order valence-electron chi connectivity index (χ1n) is 5.80. The molecule has 0 aliphatic rings. The van der Waals surface area contributed by atoms with Crippen LogP contribution in [0.25, 0.3) is 0 Å². The molecule has 1 aromatic rings. The maximum absolute atomic E-state index is 13.2. The molecular formula is C13H15F3O3. The summed E-state index contributed by atoms with van der Waals surface area (Å²) in [6.45, 7) is 5.19. The highest BCUT2D eigenvalue weighted by Crippen LogP contribution is 2.24. The van der Waals surface area contributed by atoms with Crippen LogP contribution in [0.1, 0.15) is 33.6 Å². The first kappa shape index (κ1) is 15.3. The van der Waals surface area contributed by atoms with E-state index in [1.54, 1.807) is 13.8 Å². The molecule has 0 unspecified atom stereocenters. The highest BCUT2D eigenvalue weighted by atomic mass is 19.1. The van der Waals surface area contributed by atoms with E-state index in [0.717, 1.165) is 6.42 Å². The van der Waals surface area contributed by atoms with E-state index in [4.69, 9.17) is 4.74 Å². The summed E-state index contributed by atoms with van der Waals surface area (Å²) in [5.74, 6) is -4.67. The number of hydrogen-bond acceptors (Lipinski definition) is 3. The Morgan fingerprint density at radius 3 is 2.21 bits per heavy atom. The number of ether oxygens (including phenoxy) is 2. The van der Waals surface area contributed by atoms with Gasteiger partial charge >= 0.3 is 6.16 Å². The van der Waals surface area contributed by atoms with Crippen molar-refractivity contribution in [3.63, 3.8) is 0 Å². The van der Waals surface area contributed by atoms with Gasteiger partial charge in [-0.15, -0.1) is 0 Å². The second-order valence-electron chi connectivity index (χ2n) is 4.66. The molecule has 0 atom stereocenters. The molecule has 0 spiro atoms. The van der Waals surface area contributed by atoms with E-state index in [9.17, 15) is 18.0 Å². The Hall–Kier alpha value is -1.72. The molecule has 0 saturated heterocycles. The minimum atomic E-state index is -1.30. The van der Waals surface area contributed by atoms with Gasteiger partial charge in [-0.1, -0.05) is 13.3 Å². The van der Waals surface area contributed by atoms with Crippen LogP contribution in [0.3, 0.4) is 0 Å². The van der Waals surface area contributed by atoms with Crippen LogP contribution in [-0.4, -0.2) is 11.8 Å². The maximum Gasteiger partial charge on any atom is 0.514 e. The molecule has 3 nitrogen and oxygen atoms in total. The molecule has 19 heavy (non-hydrogen) atoms. The van der Waals surface area contributed by atoms with Crippen LogP contribution >= 0.6 is 0 Å². The quantitative estimate of drug-likeness (QED) is 0.610. The van der Waals surface area contributed by atoms with Crippen LogP contribution < -0.4 is 4.74 Å². The van der Waals surface area contributed by atoms with Gasteiger partial charge in [0, 0.05) is 12.1 Å². The molecule has 6 heteroatoms. The lowest BCUT2D eigenvalue weighted by atomic mass is 10.0. The average Bonchev–Trinajstić information content (AvgIpc) is 2.22. The zero-order valence-corrected chi connectivity index (χ0v) is 10.9. The van der Waals surface area contributed by atoms with Crippen molar-refractivity contribution in [2.45, 2.75) is 39.2 Å². The molecule has 106 valence electrons. The summed E-state index contributed by atoms with van der Waals surface area (Å²) in [5, 5.41) is 0. The SMILES string of the molecule is CCCC(C)(C)OC(=O)Oc1c(F)cc(F)cc1F. The Balaban J connectivity index is 2.78. The van der Waals surface area contributed by atoms with Gasteiger partial charge in [-0.3, -0.25) is 0 Å². The van der Waals surface area contributed by atoms with Gasteiger partial charge in [0.25, 0.3) is 0 Å². The van der Waals surface area contributed by atoms with Crippen molar-refractivity contribution in [3.8, 4) is 5.75 Å². The predicted octanol–water partition coefficient (Wildman–Crippen LogP) is 4.20. The van der Waals surface area contributed by atoms with E-state index in [1.165, 1.54) is 0 Å². The summed E-state index contributed by atoms with van der Waals surface area (Å²) in [7, 11) is 0. The number of halogens is 3. The number of carbonyl (C=O) groups is 1. The zero-order chi connectivity index (χ0) is 14.6. The fourth-order valence-corrected chi connectivity index (χ4v) is 1.61. The van der Waals surface area contributed by atoms with Crippen molar-refractivity contribution in [1.29, 1.82) is 0 Å². The normalized spacial score (nSPS) is 11.3. The van der Waals surface area contributed by atoms with Gasteiger partial charge in [-0.2, -0.15) is 0 Å². The van der Waals surface area contributed by atoms with E-state index < -0.39 is 35.0 Å². The van der Waals surface area contributed by atoms with E-state index in [0.29, 0.717) is 18.6 Å². The molecule has 0 amide bonds. The Bertz CT molecular complexity index is 449. The molecule has 0 bridgehead atoms. The minimum absolute atomic E-state index is 0.420. The van der Waals surface area contributed by atoms with Crippen LogP contribution in [0.15, 0.2) is 12.1 Å². The zero-order valence-electron chi connectivity index (χ0n) is 10.9. The van der Waals surface area contributed by atoms with Crippen LogP contribution in [0, 0.1) is 17.5 Å². The lowest BCUT2D eigenvalue weighted by molar-refractivity contribution is 0.00240. The van der Waals surface area contributed by atoms with Crippen molar-refractivity contribution in [2.24, 2.45) is 0 Å². The fraction of sp³-hybridized carbons (Fsp3) is 0.462. The topological polar surface area (TPSA) is 35.5 Å². The number of carbonyl (C=O) groups excluding carboxylic acids is 1. The van der Waals surface area contributed by atoms with E-state index in [1.807, 2.05) is 6.92 Å². The number of benzene rings is 1. The van der Waals surface area contributed by atoms with Gasteiger partial charge in [-0.05, 0) is 20.3 Å². The van der Waals surface area contributed by atoms with E-state index in [-0.39, 0.29) is 0 Å². The lowest BCUT2D eigenvalue weighted by Gasteiger charge is -2.23. The molecule has 0 radical (unpaired) electrons. The predicted molar refractivity (Wildman–Crippen MR) is 62.4 cm³/mol. The van der Waals surface area contributed by atoms with E-state index >= 15 is 0 Å². The first-order valence-corrected chi connectivity index (χ1v) is 5.80. The molecule has 0 aliphatic carbocycles. The Morgan fingerprint density at radius 2 is 1.74 bits per heavy atom. The average molecular weight is 276 g/mol. The summed E-state index contributed by atoms with van der Waals surface area (Å²) in [6.07, 6.45) is 0.0959. The highest BCUT2D eigenvalue weighted by Gasteiger charge is 2.25. The van der Waals surface area contributed by atoms with Gasteiger partial charge in [-0.25, -0.2) is 18.0 Å². The van der Waals surface area contributed by atoms with Crippen LogP contribution in [0.4, 0.5) is 18.0 Å². The van der Waals surface area contributed by atoms with Crippen LogP contribution in [0.2, 0.25) is 0 Å². The summed E-state index contributed by atoms with van der Waals surface area (Å²) in [6, 6.07) is 0.839. The summed E-state index contributed by atoms with van der Waals surface area (Å²) < 4.78 is 48.5. The third-order valence-corrected chi connectivity index (χ3v) is 2.36. The largest absolute Gasteiger partial charge is 0.514 e. The summed E-state index contributed by atoms with van der Waals surface area (Å²) >= 11 is 0. The second kappa shape index (κ2) is 5.95. The molecule has 0 aliphatic heterocycles. The Kier molecular flexibility index (Phi) is 4.80. The van der Waals surface area contributed by atoms with Crippen molar-refractivity contribution < 1.29 is 27.4 Å². The Labute approximate surface area is 109 Å². The van der Waals surface area contributed by atoms with Gasteiger partial charge in [0.1, 0.15) is 11.4 Å². The van der Waals surface area contributed by atoms with Crippen molar-refractivity contribution in [3.05, 3.63) is 29.6 Å². The number of rotatable bonds is 4. The molecule has 1 aromatic carbocycles. The van der Waals surface area contributed by atoms with Crippen molar-refractivity contribution >= 4 is 6.16 Å². The first-order chi connectivity index (χ1) is 8.75. The second-order valence-corrected chi connectivity index (χ2v) is 4.66. The van der Waals surface area contributed by atoms with Crippen molar-refractivity contribution in [1.82, 2.24) is 0 Å². The van der Waals surface area contributed by atoms with Gasteiger partial charge in [0.2, 0.25) is 5.75 Å². The smallest absolute Gasteiger partial charge is 0.428 e. The molecule has 0 N–H and O–H groups in total. The molecule has 1 rings (SSSR count). The lowest BCUT2D eigenvalue weighted by Crippen LogP contribution is -2.29. The fourth-order valence-electron chi connectivity index (χ4n) is 1.61. The third-order valence-electron chi connectivity index (χ3n) is 2.36. The summed E-state index contributed by atoms with van der Waals surface area (Å²) in [4.78, 5) is 11.4. The Morgan fingerprint density at radius 1 is 1.21 bits per heavy atom. The molecule has 0 saturated carbocycles. The maximum atomic E-state index is 13.2. The van der Waals surface area contributed by atoms with Crippen LogP contribution in [0.5, 0.6) is 5.75 Å². The van der Waals surface area contributed by atoms with Gasteiger partial charge in [0.15, 0.2) is 11.6 Å². The number of hydrogen-bond donors (Lipinski definition) is 0. The highest BCUT2D eigenvalue weighted by molar-refractivity contribution is 5.64. The molecule has 0 heterocycles. The van der Waals surface area contributed by atoms with Crippen LogP contribution in [-0.2, 0) is 4.74 Å². The summed E-state index contributed by atoms with van der Waals surface area (Å²) in [5.41, 5.74) is -0.807.